The molecule has 1 aromatic carbocycles. The molecule has 0 atom stereocenters. The quantitative estimate of drug-likeness (QED) is 0.789. The van der Waals surface area contributed by atoms with E-state index >= 15 is 0 Å². The van der Waals surface area contributed by atoms with Crippen molar-refractivity contribution in [1.82, 2.24) is 5.32 Å². The normalized spacial score (nSPS) is 16.2. The summed E-state index contributed by atoms with van der Waals surface area (Å²) in [5, 5.41) is 3.44. The van der Waals surface area contributed by atoms with Gasteiger partial charge in [-0.1, -0.05) is 13.0 Å². The first-order chi connectivity index (χ1) is 10.1. The number of nitrogens with one attached hydrogen (secondary N) is 1. The highest BCUT2D eigenvalue weighted by Crippen LogP contribution is 2.25. The van der Waals surface area contributed by atoms with Gasteiger partial charge in [0.2, 0.25) is 5.91 Å². The Labute approximate surface area is 127 Å². The van der Waals surface area contributed by atoms with Crippen LogP contribution in [-0.4, -0.2) is 25.5 Å². The Hall–Kier alpha value is -1.55. The van der Waals surface area contributed by atoms with E-state index in [4.69, 9.17) is 5.73 Å². The maximum Gasteiger partial charge on any atom is 0.220 e. The second-order valence-electron chi connectivity index (χ2n) is 5.95. The third kappa shape index (κ3) is 4.21. The van der Waals surface area contributed by atoms with E-state index < -0.39 is 0 Å². The average molecular weight is 289 g/mol. The summed E-state index contributed by atoms with van der Waals surface area (Å²) in [5.41, 5.74) is 9.34. The Morgan fingerprint density at radius 2 is 2.10 bits per heavy atom. The van der Waals surface area contributed by atoms with Gasteiger partial charge in [0.25, 0.3) is 0 Å². The SMILES string of the molecule is CCCNCc1ccc(N2CCC(C(N)=O)CC2)cc1C. The van der Waals surface area contributed by atoms with Crippen molar-refractivity contribution in [2.75, 3.05) is 24.5 Å². The van der Waals surface area contributed by atoms with Crippen LogP contribution in [0.4, 0.5) is 5.69 Å². The Kier molecular flexibility index (Phi) is 5.62. The first-order valence-corrected chi connectivity index (χ1v) is 7.96. The number of rotatable bonds is 6. The molecule has 1 saturated heterocycles. The zero-order valence-electron chi connectivity index (χ0n) is 13.2. The van der Waals surface area contributed by atoms with Gasteiger partial charge in [0.15, 0.2) is 0 Å². The van der Waals surface area contributed by atoms with Crippen LogP contribution in [0.3, 0.4) is 0 Å². The standard InChI is InChI=1S/C17H27N3O/c1-3-8-19-12-15-4-5-16(11-13(15)2)20-9-6-14(7-10-20)17(18)21/h4-5,11,14,19H,3,6-10,12H2,1-2H3,(H2,18,21). The number of hydrogen-bond donors (Lipinski definition) is 2. The summed E-state index contributed by atoms with van der Waals surface area (Å²) in [6, 6.07) is 6.67. The fourth-order valence-corrected chi connectivity index (χ4v) is 2.90. The van der Waals surface area contributed by atoms with Gasteiger partial charge in [0, 0.05) is 31.2 Å². The van der Waals surface area contributed by atoms with E-state index in [-0.39, 0.29) is 11.8 Å². The third-order valence-corrected chi connectivity index (χ3v) is 4.33. The summed E-state index contributed by atoms with van der Waals surface area (Å²) >= 11 is 0. The summed E-state index contributed by atoms with van der Waals surface area (Å²) in [4.78, 5) is 13.6. The molecule has 2 rings (SSSR count). The van der Waals surface area contributed by atoms with Crippen molar-refractivity contribution in [3.8, 4) is 0 Å². The number of primary amides is 1. The first-order valence-electron chi connectivity index (χ1n) is 7.96. The van der Waals surface area contributed by atoms with Crippen LogP contribution in [0.25, 0.3) is 0 Å². The number of anilines is 1. The van der Waals surface area contributed by atoms with Gasteiger partial charge >= 0.3 is 0 Å². The molecule has 116 valence electrons. The highest BCUT2D eigenvalue weighted by molar-refractivity contribution is 5.77. The molecule has 0 bridgehead atoms. The lowest BCUT2D eigenvalue weighted by Crippen LogP contribution is -2.38. The Morgan fingerprint density at radius 3 is 2.67 bits per heavy atom. The zero-order valence-corrected chi connectivity index (χ0v) is 13.2. The lowest BCUT2D eigenvalue weighted by atomic mass is 9.95. The van der Waals surface area contributed by atoms with Gasteiger partial charge in [0.05, 0.1) is 0 Å². The topological polar surface area (TPSA) is 58.4 Å². The average Bonchev–Trinajstić information content (AvgIpc) is 2.49. The third-order valence-electron chi connectivity index (χ3n) is 4.33. The Bertz CT molecular complexity index is 479. The van der Waals surface area contributed by atoms with Gasteiger partial charge in [-0.3, -0.25) is 4.79 Å². The van der Waals surface area contributed by atoms with Crippen molar-refractivity contribution in [3.05, 3.63) is 29.3 Å². The van der Waals surface area contributed by atoms with E-state index in [2.05, 4.69) is 42.3 Å². The van der Waals surface area contributed by atoms with Gasteiger partial charge < -0.3 is 16.0 Å². The lowest BCUT2D eigenvalue weighted by molar-refractivity contribution is -0.122. The molecule has 1 fully saturated rings. The fraction of sp³-hybridized carbons (Fsp3) is 0.588. The van der Waals surface area contributed by atoms with Gasteiger partial charge in [-0.15, -0.1) is 0 Å². The summed E-state index contributed by atoms with van der Waals surface area (Å²) in [6.45, 7) is 8.17. The monoisotopic (exact) mass is 289 g/mol. The molecule has 0 unspecified atom stereocenters. The molecule has 1 aliphatic heterocycles. The van der Waals surface area contributed by atoms with Crippen LogP contribution in [0.15, 0.2) is 18.2 Å². The van der Waals surface area contributed by atoms with Gasteiger partial charge in [0.1, 0.15) is 0 Å². The van der Waals surface area contributed by atoms with E-state index in [1.54, 1.807) is 0 Å². The molecule has 3 N–H and O–H groups in total. The van der Waals surface area contributed by atoms with Gasteiger partial charge in [-0.2, -0.15) is 0 Å². The summed E-state index contributed by atoms with van der Waals surface area (Å²) in [7, 11) is 0. The van der Waals surface area contributed by atoms with Crippen LogP contribution in [0, 0.1) is 12.8 Å². The molecule has 4 heteroatoms. The van der Waals surface area contributed by atoms with Crippen molar-refractivity contribution < 1.29 is 4.79 Å². The molecule has 21 heavy (non-hydrogen) atoms. The summed E-state index contributed by atoms with van der Waals surface area (Å²) in [6.07, 6.45) is 2.90. The molecular formula is C17H27N3O. The van der Waals surface area contributed by atoms with Crippen LogP contribution in [0.5, 0.6) is 0 Å². The molecule has 1 aliphatic rings. The number of nitrogens with two attached hydrogens (primary N) is 1. The Morgan fingerprint density at radius 1 is 1.38 bits per heavy atom. The van der Waals surface area contributed by atoms with Crippen LogP contribution in [0.2, 0.25) is 0 Å². The van der Waals surface area contributed by atoms with Crippen molar-refractivity contribution in [3.63, 3.8) is 0 Å². The predicted molar refractivity (Wildman–Crippen MR) is 87.3 cm³/mol. The molecule has 1 aromatic rings. The molecule has 0 saturated carbocycles. The minimum Gasteiger partial charge on any atom is -0.371 e. The molecule has 1 heterocycles. The molecule has 0 aromatic heterocycles. The van der Waals surface area contributed by atoms with Crippen LogP contribution < -0.4 is 16.0 Å². The maximum absolute atomic E-state index is 11.2. The van der Waals surface area contributed by atoms with E-state index in [0.29, 0.717) is 0 Å². The number of amides is 1. The molecule has 1 amide bonds. The smallest absolute Gasteiger partial charge is 0.220 e. The van der Waals surface area contributed by atoms with Crippen molar-refractivity contribution >= 4 is 11.6 Å². The fourth-order valence-electron chi connectivity index (χ4n) is 2.90. The first kappa shape index (κ1) is 15.8. The second-order valence-corrected chi connectivity index (χ2v) is 5.95. The van der Waals surface area contributed by atoms with Crippen LogP contribution in [0.1, 0.15) is 37.3 Å². The number of nitrogens with zero attached hydrogens (tertiary/aromatic N) is 1. The largest absolute Gasteiger partial charge is 0.371 e. The van der Waals surface area contributed by atoms with Gasteiger partial charge in [-0.05, 0) is 56.0 Å². The van der Waals surface area contributed by atoms with E-state index in [1.807, 2.05) is 0 Å². The molecule has 4 nitrogen and oxygen atoms in total. The number of aryl methyl sites for hydroxylation is 1. The molecule has 0 radical (unpaired) electrons. The second kappa shape index (κ2) is 7.46. The number of benzene rings is 1. The predicted octanol–water partition coefficient (Wildman–Crippen LogP) is 2.20. The Balaban J connectivity index is 1.95. The number of carbonyl (C=O) groups is 1. The van der Waals surface area contributed by atoms with Gasteiger partial charge in [-0.25, -0.2) is 0 Å². The highest BCUT2D eigenvalue weighted by Gasteiger charge is 2.23. The van der Waals surface area contributed by atoms with Crippen molar-refractivity contribution in [1.29, 1.82) is 0 Å². The summed E-state index contributed by atoms with van der Waals surface area (Å²) < 4.78 is 0. The minimum atomic E-state index is -0.150. The van der Waals surface area contributed by atoms with Crippen LogP contribution >= 0.6 is 0 Å². The molecular weight excluding hydrogens is 262 g/mol. The number of carbonyl (C=O) groups excluding carboxylic acids is 1. The van der Waals surface area contributed by atoms with Crippen LogP contribution in [-0.2, 0) is 11.3 Å². The zero-order chi connectivity index (χ0) is 15.2. The van der Waals surface area contributed by atoms with E-state index in [0.717, 1.165) is 45.4 Å². The highest BCUT2D eigenvalue weighted by atomic mass is 16.1. The molecule has 0 spiro atoms. The molecule has 0 aliphatic carbocycles. The maximum atomic E-state index is 11.2. The number of hydrogen-bond acceptors (Lipinski definition) is 3. The van der Waals surface area contributed by atoms with E-state index in [9.17, 15) is 4.79 Å². The van der Waals surface area contributed by atoms with Crippen molar-refractivity contribution in [2.45, 2.75) is 39.7 Å². The van der Waals surface area contributed by atoms with Crippen molar-refractivity contribution in [2.24, 2.45) is 11.7 Å². The number of piperidine rings is 1. The minimum absolute atomic E-state index is 0.0554. The summed E-state index contributed by atoms with van der Waals surface area (Å²) in [5.74, 6) is -0.0944. The lowest BCUT2D eigenvalue weighted by Gasteiger charge is -2.32. The van der Waals surface area contributed by atoms with E-state index in [1.165, 1.54) is 16.8 Å².